The van der Waals surface area contributed by atoms with Crippen LogP contribution in [0.1, 0.15) is 40.5 Å². The van der Waals surface area contributed by atoms with Crippen molar-refractivity contribution in [1.82, 2.24) is 4.98 Å². The number of nitrogens with one attached hydrogen (secondary N) is 1. The lowest BCUT2D eigenvalue weighted by atomic mass is 9.78. The van der Waals surface area contributed by atoms with E-state index in [2.05, 4.69) is 9.71 Å². The van der Waals surface area contributed by atoms with Crippen LogP contribution in [0.5, 0.6) is 5.75 Å². The first-order chi connectivity index (χ1) is 11.0. The van der Waals surface area contributed by atoms with Crippen LogP contribution in [0.15, 0.2) is 12.3 Å². The fourth-order valence-corrected chi connectivity index (χ4v) is 2.88. The fraction of sp³-hybridized carbons (Fsp3) is 0.667. The molecule has 1 saturated carbocycles. The molecule has 0 radical (unpaired) electrons. The first-order valence-corrected chi connectivity index (χ1v) is 9.87. The lowest BCUT2D eigenvalue weighted by Gasteiger charge is -2.32. The summed E-state index contributed by atoms with van der Waals surface area (Å²) < 4.78 is 43.9. The highest BCUT2D eigenvalue weighted by Gasteiger charge is 2.53. The maximum Gasteiger partial charge on any atom is 0.502 e. The van der Waals surface area contributed by atoms with Gasteiger partial charge >= 0.3 is 7.12 Å². The highest BCUT2D eigenvalue weighted by Crippen LogP contribution is 2.38. The molecule has 1 aliphatic heterocycles. The lowest BCUT2D eigenvalue weighted by Crippen LogP contribution is -2.41. The average molecular weight is 354 g/mol. The monoisotopic (exact) mass is 354 g/mol. The van der Waals surface area contributed by atoms with Crippen LogP contribution in [-0.2, 0) is 19.3 Å². The number of hydrogen-bond acceptors (Lipinski definition) is 6. The lowest BCUT2D eigenvalue weighted by molar-refractivity contribution is 0.00578. The largest absolute Gasteiger partial charge is 0.502 e. The molecular weight excluding hydrogens is 331 g/mol. The van der Waals surface area contributed by atoms with Crippen molar-refractivity contribution in [2.75, 3.05) is 11.0 Å². The van der Waals surface area contributed by atoms with Crippen molar-refractivity contribution in [3.05, 3.63) is 12.3 Å². The quantitative estimate of drug-likeness (QED) is 0.802. The molecule has 2 fully saturated rings. The second-order valence-electron chi connectivity index (χ2n) is 7.35. The van der Waals surface area contributed by atoms with E-state index in [1.165, 1.54) is 6.20 Å². The van der Waals surface area contributed by atoms with Crippen molar-refractivity contribution < 1.29 is 22.5 Å². The number of rotatable bonds is 5. The van der Waals surface area contributed by atoms with Crippen molar-refractivity contribution in [2.45, 2.75) is 57.8 Å². The van der Waals surface area contributed by atoms with Gasteiger partial charge in [-0.1, -0.05) is 0 Å². The highest BCUT2D eigenvalue weighted by molar-refractivity contribution is 7.92. The highest BCUT2D eigenvalue weighted by atomic mass is 32.2. The molecule has 0 amide bonds. The first kappa shape index (κ1) is 17.5. The SMILES string of the molecule is CC1(C)OB(c2c(OC3CC3)ccnc2NS(C)(=O)=O)OC1(C)C. The molecule has 1 aromatic heterocycles. The predicted octanol–water partition coefficient (Wildman–Crippen LogP) is 1.29. The molecule has 3 rings (SSSR count). The summed E-state index contributed by atoms with van der Waals surface area (Å²) in [4.78, 5) is 4.16. The Morgan fingerprint density at radius 1 is 1.25 bits per heavy atom. The number of aromatic nitrogens is 1. The zero-order chi connectivity index (χ0) is 17.8. The zero-order valence-electron chi connectivity index (χ0n) is 14.6. The standard InChI is InChI=1S/C15H23BN2O5S/c1-14(2)15(3,4)23-16(22-14)12-11(21-10-6-7-10)8-9-17-13(12)18-24(5,19)20/h8-10H,6-7H2,1-5H3,(H,17,18). The molecule has 7 nitrogen and oxygen atoms in total. The van der Waals surface area contributed by atoms with E-state index >= 15 is 0 Å². The predicted molar refractivity (Wildman–Crippen MR) is 92.1 cm³/mol. The maximum atomic E-state index is 11.7. The van der Waals surface area contributed by atoms with Crippen LogP contribution < -0.4 is 14.9 Å². The van der Waals surface area contributed by atoms with Crippen molar-refractivity contribution >= 4 is 28.4 Å². The van der Waals surface area contributed by atoms with Crippen LogP contribution in [0, 0.1) is 0 Å². The van der Waals surface area contributed by atoms with Crippen LogP contribution in [0.25, 0.3) is 0 Å². The Hall–Kier alpha value is -1.32. The Morgan fingerprint density at radius 2 is 1.83 bits per heavy atom. The van der Waals surface area contributed by atoms with Crippen molar-refractivity contribution in [2.24, 2.45) is 0 Å². The van der Waals surface area contributed by atoms with Gasteiger partial charge in [0.15, 0.2) is 0 Å². The summed E-state index contributed by atoms with van der Waals surface area (Å²) in [5.74, 6) is 0.714. The molecule has 132 valence electrons. The summed E-state index contributed by atoms with van der Waals surface area (Å²) in [6, 6.07) is 1.71. The number of sulfonamides is 1. The van der Waals surface area contributed by atoms with E-state index in [0.717, 1.165) is 19.1 Å². The summed E-state index contributed by atoms with van der Waals surface area (Å²) in [5, 5.41) is 0. The summed E-state index contributed by atoms with van der Waals surface area (Å²) in [6.07, 6.45) is 4.72. The van der Waals surface area contributed by atoms with Gasteiger partial charge < -0.3 is 14.0 Å². The van der Waals surface area contributed by atoms with Gasteiger partial charge in [-0.25, -0.2) is 13.4 Å². The molecule has 2 heterocycles. The molecule has 0 spiro atoms. The van der Waals surface area contributed by atoms with Gasteiger partial charge in [0.2, 0.25) is 10.0 Å². The van der Waals surface area contributed by atoms with Gasteiger partial charge in [0.25, 0.3) is 0 Å². The molecule has 1 aliphatic carbocycles. The minimum absolute atomic E-state index is 0.152. The van der Waals surface area contributed by atoms with Gasteiger partial charge in [-0.15, -0.1) is 0 Å². The number of nitrogens with zero attached hydrogens (tertiary/aromatic N) is 1. The first-order valence-electron chi connectivity index (χ1n) is 7.97. The Labute approximate surface area is 143 Å². The number of pyridine rings is 1. The van der Waals surface area contributed by atoms with Gasteiger partial charge in [0, 0.05) is 6.20 Å². The van der Waals surface area contributed by atoms with Gasteiger partial charge in [-0.2, -0.15) is 0 Å². The van der Waals surface area contributed by atoms with Crippen molar-refractivity contribution in [3.63, 3.8) is 0 Å². The van der Waals surface area contributed by atoms with Gasteiger partial charge in [-0.3, -0.25) is 4.72 Å². The van der Waals surface area contributed by atoms with Crippen LogP contribution >= 0.6 is 0 Å². The topological polar surface area (TPSA) is 86.8 Å². The molecule has 1 aromatic rings. The van der Waals surface area contributed by atoms with Gasteiger partial charge in [-0.05, 0) is 46.6 Å². The number of ether oxygens (including phenoxy) is 1. The molecule has 1 N–H and O–H groups in total. The van der Waals surface area contributed by atoms with E-state index in [9.17, 15) is 8.42 Å². The normalized spacial score (nSPS) is 22.5. The Kier molecular flexibility index (Phi) is 4.09. The number of anilines is 1. The molecule has 1 saturated heterocycles. The van der Waals surface area contributed by atoms with E-state index in [1.54, 1.807) is 6.07 Å². The summed E-state index contributed by atoms with van der Waals surface area (Å²) in [5.41, 5.74) is -0.618. The molecule has 0 aromatic carbocycles. The average Bonchev–Trinajstić information content (AvgIpc) is 3.15. The Morgan fingerprint density at radius 3 is 2.33 bits per heavy atom. The summed E-state index contributed by atoms with van der Waals surface area (Å²) in [6.45, 7) is 7.76. The fourth-order valence-electron chi connectivity index (χ4n) is 2.37. The van der Waals surface area contributed by atoms with Crippen LogP contribution in [0.2, 0.25) is 0 Å². The van der Waals surface area contributed by atoms with E-state index < -0.39 is 28.3 Å². The molecule has 24 heavy (non-hydrogen) atoms. The van der Waals surface area contributed by atoms with E-state index in [1.807, 2.05) is 27.7 Å². The van der Waals surface area contributed by atoms with Crippen molar-refractivity contribution in [1.29, 1.82) is 0 Å². The summed E-state index contributed by atoms with van der Waals surface area (Å²) >= 11 is 0. The minimum Gasteiger partial charge on any atom is -0.491 e. The molecule has 2 aliphatic rings. The van der Waals surface area contributed by atoms with E-state index in [0.29, 0.717) is 11.2 Å². The third kappa shape index (κ3) is 3.53. The van der Waals surface area contributed by atoms with Gasteiger partial charge in [0.05, 0.1) is 29.0 Å². The van der Waals surface area contributed by atoms with Gasteiger partial charge in [0.1, 0.15) is 11.6 Å². The number of hydrogen-bond donors (Lipinski definition) is 1. The van der Waals surface area contributed by atoms with Crippen molar-refractivity contribution in [3.8, 4) is 5.75 Å². The second kappa shape index (κ2) is 5.61. The third-order valence-corrected chi connectivity index (χ3v) is 5.10. The third-order valence-electron chi connectivity index (χ3n) is 4.54. The second-order valence-corrected chi connectivity index (χ2v) is 9.10. The van der Waals surface area contributed by atoms with Crippen LogP contribution in [0.4, 0.5) is 5.82 Å². The van der Waals surface area contributed by atoms with Crippen LogP contribution in [0.3, 0.4) is 0 Å². The maximum absolute atomic E-state index is 11.7. The van der Waals surface area contributed by atoms with E-state index in [4.69, 9.17) is 14.0 Å². The summed E-state index contributed by atoms with van der Waals surface area (Å²) in [7, 11) is -4.26. The Balaban J connectivity index is 2.03. The van der Waals surface area contributed by atoms with E-state index in [-0.39, 0.29) is 11.9 Å². The molecule has 0 bridgehead atoms. The molecule has 0 unspecified atom stereocenters. The smallest absolute Gasteiger partial charge is 0.491 e. The molecule has 9 heteroatoms. The van der Waals surface area contributed by atoms with Crippen LogP contribution in [-0.4, -0.2) is 44.1 Å². The zero-order valence-corrected chi connectivity index (χ0v) is 15.4. The molecular formula is C15H23BN2O5S. The molecule has 0 atom stereocenters. The Bertz CT molecular complexity index is 730. The minimum atomic E-state index is -3.50.